The van der Waals surface area contributed by atoms with Crippen molar-refractivity contribution in [3.63, 3.8) is 0 Å². The molecule has 6 heteroatoms. The Morgan fingerprint density at radius 1 is 1.54 bits per heavy atom. The predicted molar refractivity (Wildman–Crippen MR) is 45.3 cm³/mol. The first-order valence-electron chi connectivity index (χ1n) is 3.63. The average Bonchev–Trinajstić information content (AvgIpc) is 2.52. The highest BCUT2D eigenvalue weighted by Gasteiger charge is 2.14. The SMILES string of the molecule is Cc1c([N+](=O)[O-])cnc2[nH]ncc12. The minimum absolute atomic E-state index is 0.0221. The Kier molecular flexibility index (Phi) is 1.48. The average molecular weight is 178 g/mol. The fourth-order valence-corrected chi connectivity index (χ4v) is 1.20. The van der Waals surface area contributed by atoms with E-state index < -0.39 is 4.92 Å². The zero-order valence-electron chi connectivity index (χ0n) is 6.81. The van der Waals surface area contributed by atoms with Gasteiger partial charge in [-0.2, -0.15) is 5.10 Å². The van der Waals surface area contributed by atoms with E-state index in [1.165, 1.54) is 12.4 Å². The molecule has 0 saturated carbocycles. The van der Waals surface area contributed by atoms with E-state index in [0.29, 0.717) is 16.6 Å². The summed E-state index contributed by atoms with van der Waals surface area (Å²) in [6.07, 6.45) is 2.76. The third kappa shape index (κ3) is 1.03. The van der Waals surface area contributed by atoms with Crippen LogP contribution in [0.5, 0.6) is 0 Å². The highest BCUT2D eigenvalue weighted by Crippen LogP contribution is 2.22. The number of hydrogen-bond donors (Lipinski definition) is 1. The molecule has 66 valence electrons. The van der Waals surface area contributed by atoms with Gasteiger partial charge in [-0.05, 0) is 6.92 Å². The number of rotatable bonds is 1. The van der Waals surface area contributed by atoms with Gasteiger partial charge < -0.3 is 0 Å². The van der Waals surface area contributed by atoms with Gasteiger partial charge in [-0.15, -0.1) is 0 Å². The van der Waals surface area contributed by atoms with Gasteiger partial charge >= 0.3 is 0 Å². The molecule has 2 aromatic heterocycles. The predicted octanol–water partition coefficient (Wildman–Crippen LogP) is 1.17. The Balaban J connectivity index is 2.80. The molecule has 0 aliphatic rings. The van der Waals surface area contributed by atoms with Crippen molar-refractivity contribution in [1.82, 2.24) is 15.2 Å². The molecule has 0 aromatic carbocycles. The van der Waals surface area contributed by atoms with Crippen LogP contribution in [-0.2, 0) is 0 Å². The van der Waals surface area contributed by atoms with Crippen LogP contribution in [0.15, 0.2) is 12.4 Å². The van der Waals surface area contributed by atoms with Crippen LogP contribution in [0.25, 0.3) is 11.0 Å². The summed E-state index contributed by atoms with van der Waals surface area (Å²) in [5.41, 5.74) is 1.18. The molecule has 6 nitrogen and oxygen atoms in total. The highest BCUT2D eigenvalue weighted by molar-refractivity contribution is 5.80. The lowest BCUT2D eigenvalue weighted by molar-refractivity contribution is -0.385. The molecule has 0 unspecified atom stereocenters. The fourth-order valence-electron chi connectivity index (χ4n) is 1.20. The van der Waals surface area contributed by atoms with Crippen LogP contribution in [0.1, 0.15) is 5.56 Å². The Labute approximate surface area is 72.7 Å². The number of nitrogens with one attached hydrogen (secondary N) is 1. The van der Waals surface area contributed by atoms with Crippen molar-refractivity contribution in [1.29, 1.82) is 0 Å². The first-order valence-corrected chi connectivity index (χ1v) is 3.63. The van der Waals surface area contributed by atoms with Crippen LogP contribution in [0.3, 0.4) is 0 Å². The van der Waals surface area contributed by atoms with Gasteiger partial charge in [-0.1, -0.05) is 0 Å². The number of hydrogen-bond acceptors (Lipinski definition) is 4. The summed E-state index contributed by atoms with van der Waals surface area (Å²) < 4.78 is 0. The standard InChI is InChI=1S/C7H6N4O2/c1-4-5-2-9-10-7(5)8-3-6(4)11(12)13/h2-3H,1H3,(H,8,9,10). The van der Waals surface area contributed by atoms with Crippen molar-refractivity contribution in [2.75, 3.05) is 0 Å². The quantitative estimate of drug-likeness (QED) is 0.524. The van der Waals surface area contributed by atoms with Gasteiger partial charge in [0.1, 0.15) is 6.20 Å². The molecule has 0 amide bonds. The number of pyridine rings is 1. The lowest BCUT2D eigenvalue weighted by Gasteiger charge is -1.95. The van der Waals surface area contributed by atoms with Gasteiger partial charge in [0.25, 0.3) is 5.69 Å². The summed E-state index contributed by atoms with van der Waals surface area (Å²) in [4.78, 5) is 13.9. The molecule has 0 spiro atoms. The molecule has 2 rings (SSSR count). The van der Waals surface area contributed by atoms with Crippen molar-refractivity contribution in [2.45, 2.75) is 6.92 Å². The first kappa shape index (κ1) is 7.66. The van der Waals surface area contributed by atoms with Crippen LogP contribution < -0.4 is 0 Å². The van der Waals surface area contributed by atoms with Gasteiger partial charge in [0.05, 0.1) is 11.1 Å². The number of nitro groups is 1. The lowest BCUT2D eigenvalue weighted by Crippen LogP contribution is -1.93. The van der Waals surface area contributed by atoms with Crippen LogP contribution in [0.4, 0.5) is 5.69 Å². The Hall–Kier alpha value is -1.98. The monoisotopic (exact) mass is 178 g/mol. The Morgan fingerprint density at radius 3 is 3.00 bits per heavy atom. The topological polar surface area (TPSA) is 84.7 Å². The number of aromatic nitrogens is 3. The van der Waals surface area contributed by atoms with Gasteiger partial charge in [0.2, 0.25) is 0 Å². The summed E-state index contributed by atoms with van der Waals surface area (Å²) in [5.74, 6) is 0. The molecule has 0 saturated heterocycles. The summed E-state index contributed by atoms with van der Waals surface area (Å²) in [6, 6.07) is 0. The fraction of sp³-hybridized carbons (Fsp3) is 0.143. The second-order valence-electron chi connectivity index (χ2n) is 2.66. The number of H-pyrrole nitrogens is 1. The lowest BCUT2D eigenvalue weighted by atomic mass is 10.2. The number of fused-ring (bicyclic) bond motifs is 1. The minimum atomic E-state index is -0.450. The molecule has 0 aliphatic heterocycles. The molecule has 2 heterocycles. The summed E-state index contributed by atoms with van der Waals surface area (Å²) >= 11 is 0. The van der Waals surface area contributed by atoms with Crippen molar-refractivity contribution >= 4 is 16.7 Å². The van der Waals surface area contributed by atoms with Gasteiger partial charge in [0.15, 0.2) is 5.65 Å². The van der Waals surface area contributed by atoms with E-state index in [1.54, 1.807) is 6.92 Å². The van der Waals surface area contributed by atoms with E-state index in [1.807, 2.05) is 0 Å². The molecule has 0 aliphatic carbocycles. The Bertz CT molecular complexity index is 476. The van der Waals surface area contributed by atoms with E-state index in [4.69, 9.17) is 0 Å². The highest BCUT2D eigenvalue weighted by atomic mass is 16.6. The van der Waals surface area contributed by atoms with Gasteiger partial charge in [0, 0.05) is 10.9 Å². The summed E-state index contributed by atoms with van der Waals surface area (Å²) in [6.45, 7) is 1.68. The van der Waals surface area contributed by atoms with Gasteiger partial charge in [-0.3, -0.25) is 15.2 Å². The molecule has 0 radical (unpaired) electrons. The van der Waals surface area contributed by atoms with E-state index in [9.17, 15) is 10.1 Å². The maximum absolute atomic E-state index is 10.5. The molecule has 1 N–H and O–H groups in total. The first-order chi connectivity index (χ1) is 6.20. The number of aryl methyl sites for hydroxylation is 1. The molecule has 0 bridgehead atoms. The molecular weight excluding hydrogens is 172 g/mol. The largest absolute Gasteiger partial charge is 0.291 e. The number of aromatic amines is 1. The smallest absolute Gasteiger partial charge is 0.261 e. The van der Waals surface area contributed by atoms with Crippen LogP contribution in [-0.4, -0.2) is 20.1 Å². The van der Waals surface area contributed by atoms with Gasteiger partial charge in [-0.25, -0.2) is 4.98 Å². The van der Waals surface area contributed by atoms with E-state index in [0.717, 1.165) is 0 Å². The Morgan fingerprint density at radius 2 is 2.31 bits per heavy atom. The molecule has 2 aromatic rings. The normalized spacial score (nSPS) is 10.5. The van der Waals surface area contributed by atoms with Crippen molar-refractivity contribution in [3.05, 3.63) is 28.1 Å². The zero-order valence-corrected chi connectivity index (χ0v) is 6.81. The van der Waals surface area contributed by atoms with Crippen LogP contribution in [0.2, 0.25) is 0 Å². The zero-order chi connectivity index (χ0) is 9.42. The van der Waals surface area contributed by atoms with Crippen LogP contribution >= 0.6 is 0 Å². The third-order valence-electron chi connectivity index (χ3n) is 1.92. The van der Waals surface area contributed by atoms with Crippen molar-refractivity contribution < 1.29 is 4.92 Å². The van der Waals surface area contributed by atoms with E-state index >= 15 is 0 Å². The number of nitrogens with zero attached hydrogens (tertiary/aromatic N) is 3. The minimum Gasteiger partial charge on any atom is -0.261 e. The van der Waals surface area contributed by atoms with E-state index in [-0.39, 0.29) is 5.69 Å². The summed E-state index contributed by atoms with van der Waals surface area (Å²) in [5, 5.41) is 17.6. The maximum Gasteiger partial charge on any atom is 0.291 e. The molecule has 0 atom stereocenters. The molecule has 13 heavy (non-hydrogen) atoms. The maximum atomic E-state index is 10.5. The summed E-state index contributed by atoms with van der Waals surface area (Å²) in [7, 11) is 0. The molecular formula is C7H6N4O2. The van der Waals surface area contributed by atoms with Crippen molar-refractivity contribution in [2.24, 2.45) is 0 Å². The third-order valence-corrected chi connectivity index (χ3v) is 1.92. The van der Waals surface area contributed by atoms with E-state index in [2.05, 4.69) is 15.2 Å². The van der Waals surface area contributed by atoms with Crippen LogP contribution in [0, 0.1) is 17.0 Å². The molecule has 0 fully saturated rings. The second kappa shape index (κ2) is 2.51. The van der Waals surface area contributed by atoms with Crippen molar-refractivity contribution in [3.8, 4) is 0 Å². The second-order valence-corrected chi connectivity index (χ2v) is 2.66.